The Balaban J connectivity index is 1.92. The number of hydrogen-bond acceptors (Lipinski definition) is 3. The van der Waals surface area contributed by atoms with Crippen LogP contribution < -0.4 is 10.6 Å². The van der Waals surface area contributed by atoms with Crippen molar-refractivity contribution in [2.24, 2.45) is 18.9 Å². The molecule has 6 nitrogen and oxygen atoms in total. The number of amides is 2. The van der Waals surface area contributed by atoms with Gasteiger partial charge in [-0.25, -0.2) is 0 Å². The van der Waals surface area contributed by atoms with Crippen molar-refractivity contribution in [1.82, 2.24) is 20.4 Å². The van der Waals surface area contributed by atoms with E-state index in [1.807, 2.05) is 20.0 Å². The molecule has 1 aliphatic rings. The van der Waals surface area contributed by atoms with E-state index in [9.17, 15) is 9.59 Å². The summed E-state index contributed by atoms with van der Waals surface area (Å²) in [7, 11) is 1.87. The molecule has 0 saturated heterocycles. The smallest absolute Gasteiger partial charge is 0.224 e. The third kappa shape index (κ3) is 4.82. The first-order chi connectivity index (χ1) is 11.5. The van der Waals surface area contributed by atoms with Crippen LogP contribution in [-0.4, -0.2) is 28.1 Å². The molecule has 0 aliphatic heterocycles. The molecule has 1 aromatic rings. The third-order valence-electron chi connectivity index (χ3n) is 4.81. The Bertz CT molecular complexity index is 567. The summed E-state index contributed by atoms with van der Waals surface area (Å²) in [6.45, 7) is 5.19. The highest BCUT2D eigenvalue weighted by Crippen LogP contribution is 2.30. The summed E-state index contributed by atoms with van der Waals surface area (Å²) in [5.41, 5.74) is 1.91. The predicted octanol–water partition coefficient (Wildman–Crippen LogP) is 2.07. The molecule has 1 heterocycles. The molecule has 1 aliphatic carbocycles. The van der Waals surface area contributed by atoms with Gasteiger partial charge in [-0.2, -0.15) is 5.10 Å². The molecule has 0 bridgehead atoms. The van der Waals surface area contributed by atoms with E-state index in [0.29, 0.717) is 13.1 Å². The van der Waals surface area contributed by atoms with Crippen LogP contribution in [-0.2, 0) is 23.2 Å². The summed E-state index contributed by atoms with van der Waals surface area (Å²) in [4.78, 5) is 25.0. The molecule has 0 spiro atoms. The van der Waals surface area contributed by atoms with Crippen molar-refractivity contribution < 1.29 is 9.59 Å². The number of aromatic nitrogens is 2. The van der Waals surface area contributed by atoms with Crippen LogP contribution >= 0.6 is 0 Å². The van der Waals surface area contributed by atoms with Gasteiger partial charge in [0.15, 0.2) is 0 Å². The maximum Gasteiger partial charge on any atom is 0.224 e. The SMILES string of the molecule is CCCCNC(=O)[C@H]1CCCC[C@H]1C(=O)NCc1cc(C)nn1C. The average Bonchev–Trinajstić information content (AvgIpc) is 2.90. The number of unbranched alkanes of at least 4 members (excludes halogenated alkanes) is 1. The lowest BCUT2D eigenvalue weighted by molar-refractivity contribution is -0.136. The van der Waals surface area contributed by atoms with Crippen molar-refractivity contribution in [2.45, 2.75) is 58.9 Å². The molecular weight excluding hydrogens is 304 g/mol. The minimum atomic E-state index is -0.213. The second kappa shape index (κ2) is 8.85. The Hall–Kier alpha value is -1.85. The molecule has 1 saturated carbocycles. The van der Waals surface area contributed by atoms with Crippen LogP contribution in [0, 0.1) is 18.8 Å². The largest absolute Gasteiger partial charge is 0.356 e. The van der Waals surface area contributed by atoms with Gasteiger partial charge in [-0.05, 0) is 32.3 Å². The topological polar surface area (TPSA) is 76.0 Å². The van der Waals surface area contributed by atoms with E-state index in [2.05, 4.69) is 22.7 Å². The molecule has 2 N–H and O–H groups in total. The zero-order valence-corrected chi connectivity index (χ0v) is 15.1. The fourth-order valence-corrected chi connectivity index (χ4v) is 3.42. The molecule has 2 rings (SSSR count). The average molecular weight is 334 g/mol. The standard InChI is InChI=1S/C18H30N4O2/c1-4-5-10-19-17(23)15-8-6-7-9-16(15)18(24)20-12-14-11-13(2)21-22(14)3/h11,15-16H,4-10,12H2,1-3H3,(H,19,23)(H,20,24)/t15-,16+/m0/s1. The van der Waals surface area contributed by atoms with Crippen LogP contribution in [0.5, 0.6) is 0 Å². The van der Waals surface area contributed by atoms with Gasteiger partial charge in [0, 0.05) is 25.4 Å². The third-order valence-corrected chi connectivity index (χ3v) is 4.81. The maximum absolute atomic E-state index is 12.6. The highest BCUT2D eigenvalue weighted by atomic mass is 16.2. The van der Waals surface area contributed by atoms with Gasteiger partial charge < -0.3 is 10.6 Å². The van der Waals surface area contributed by atoms with Crippen molar-refractivity contribution in [3.05, 3.63) is 17.5 Å². The minimum absolute atomic E-state index is 0.0100. The molecule has 2 amide bonds. The van der Waals surface area contributed by atoms with Crippen molar-refractivity contribution in [3.63, 3.8) is 0 Å². The Labute approximate surface area is 144 Å². The van der Waals surface area contributed by atoms with Gasteiger partial charge in [-0.1, -0.05) is 26.2 Å². The van der Waals surface area contributed by atoms with E-state index in [-0.39, 0.29) is 23.7 Å². The van der Waals surface area contributed by atoms with Gasteiger partial charge in [0.1, 0.15) is 0 Å². The number of hydrogen-bond donors (Lipinski definition) is 2. The Kier molecular flexibility index (Phi) is 6.82. The lowest BCUT2D eigenvalue weighted by atomic mass is 9.78. The lowest BCUT2D eigenvalue weighted by Gasteiger charge is -2.29. The van der Waals surface area contributed by atoms with Crippen LogP contribution in [0.4, 0.5) is 0 Å². The number of carbonyl (C=O) groups is 2. The fraction of sp³-hybridized carbons (Fsp3) is 0.722. The van der Waals surface area contributed by atoms with E-state index in [0.717, 1.165) is 49.9 Å². The number of carbonyl (C=O) groups excluding carboxylic acids is 2. The summed E-state index contributed by atoms with van der Waals surface area (Å²) in [6, 6.07) is 1.97. The number of nitrogens with one attached hydrogen (secondary N) is 2. The molecule has 6 heteroatoms. The van der Waals surface area contributed by atoms with Gasteiger partial charge in [0.2, 0.25) is 11.8 Å². The number of rotatable bonds is 7. The van der Waals surface area contributed by atoms with Gasteiger partial charge in [-0.3, -0.25) is 14.3 Å². The summed E-state index contributed by atoms with van der Waals surface area (Å²) in [5, 5.41) is 10.3. The van der Waals surface area contributed by atoms with Crippen LogP contribution in [0.15, 0.2) is 6.07 Å². The summed E-state index contributed by atoms with van der Waals surface area (Å²) < 4.78 is 1.78. The molecule has 1 aromatic heterocycles. The first kappa shape index (κ1) is 18.5. The molecule has 1 fully saturated rings. The monoisotopic (exact) mass is 334 g/mol. The van der Waals surface area contributed by atoms with Crippen LogP contribution in [0.3, 0.4) is 0 Å². The van der Waals surface area contributed by atoms with E-state index in [4.69, 9.17) is 0 Å². The van der Waals surface area contributed by atoms with Crippen LogP contribution in [0.25, 0.3) is 0 Å². The molecule has 24 heavy (non-hydrogen) atoms. The molecule has 2 atom stereocenters. The summed E-state index contributed by atoms with van der Waals surface area (Å²) in [5.74, 6) is -0.373. The molecule has 0 aromatic carbocycles. The first-order valence-electron chi connectivity index (χ1n) is 9.07. The van der Waals surface area contributed by atoms with E-state index in [1.54, 1.807) is 4.68 Å². The van der Waals surface area contributed by atoms with E-state index in [1.165, 1.54) is 0 Å². The quantitative estimate of drug-likeness (QED) is 0.750. The predicted molar refractivity (Wildman–Crippen MR) is 93.2 cm³/mol. The van der Waals surface area contributed by atoms with Gasteiger partial charge in [0.25, 0.3) is 0 Å². The van der Waals surface area contributed by atoms with Gasteiger partial charge in [0.05, 0.1) is 17.9 Å². The fourth-order valence-electron chi connectivity index (χ4n) is 3.42. The second-order valence-electron chi connectivity index (χ2n) is 6.76. The normalized spacial score (nSPS) is 20.6. The minimum Gasteiger partial charge on any atom is -0.356 e. The van der Waals surface area contributed by atoms with Crippen molar-refractivity contribution >= 4 is 11.8 Å². The highest BCUT2D eigenvalue weighted by molar-refractivity contribution is 5.87. The number of aryl methyl sites for hydroxylation is 2. The van der Waals surface area contributed by atoms with E-state index < -0.39 is 0 Å². The summed E-state index contributed by atoms with van der Waals surface area (Å²) >= 11 is 0. The van der Waals surface area contributed by atoms with Crippen molar-refractivity contribution in [2.75, 3.05) is 6.54 Å². The Morgan fingerprint density at radius 1 is 1.21 bits per heavy atom. The van der Waals surface area contributed by atoms with Crippen molar-refractivity contribution in [3.8, 4) is 0 Å². The number of nitrogens with zero attached hydrogens (tertiary/aromatic N) is 2. The van der Waals surface area contributed by atoms with E-state index >= 15 is 0 Å². The highest BCUT2D eigenvalue weighted by Gasteiger charge is 2.35. The molecule has 0 unspecified atom stereocenters. The van der Waals surface area contributed by atoms with Crippen LogP contribution in [0.1, 0.15) is 56.8 Å². The maximum atomic E-state index is 12.6. The second-order valence-corrected chi connectivity index (χ2v) is 6.76. The lowest BCUT2D eigenvalue weighted by Crippen LogP contribution is -2.43. The molecule has 0 radical (unpaired) electrons. The summed E-state index contributed by atoms with van der Waals surface area (Å²) in [6.07, 6.45) is 5.68. The van der Waals surface area contributed by atoms with Gasteiger partial charge in [-0.15, -0.1) is 0 Å². The van der Waals surface area contributed by atoms with Crippen molar-refractivity contribution in [1.29, 1.82) is 0 Å². The Morgan fingerprint density at radius 2 is 1.83 bits per heavy atom. The zero-order valence-electron chi connectivity index (χ0n) is 15.1. The molecular formula is C18H30N4O2. The Morgan fingerprint density at radius 3 is 2.38 bits per heavy atom. The molecule has 134 valence electrons. The van der Waals surface area contributed by atoms with Gasteiger partial charge >= 0.3 is 0 Å². The first-order valence-corrected chi connectivity index (χ1v) is 9.07. The zero-order chi connectivity index (χ0) is 17.5. The van der Waals surface area contributed by atoms with Crippen LogP contribution in [0.2, 0.25) is 0 Å².